The molecule has 0 aliphatic carbocycles. The van der Waals surface area contributed by atoms with E-state index in [0.29, 0.717) is 5.88 Å². The van der Waals surface area contributed by atoms with Crippen molar-refractivity contribution in [2.45, 2.75) is 19.3 Å². The lowest BCUT2D eigenvalue weighted by molar-refractivity contribution is 0.918. The van der Waals surface area contributed by atoms with E-state index in [4.69, 9.17) is 11.6 Å². The summed E-state index contributed by atoms with van der Waals surface area (Å²) >= 11 is 11.2. The van der Waals surface area contributed by atoms with Crippen LogP contribution in [0.3, 0.4) is 0 Å². The van der Waals surface area contributed by atoms with Gasteiger partial charge in [0.2, 0.25) is 0 Å². The molecule has 2 nitrogen and oxygen atoms in total. The normalized spacial score (nSPS) is 10.7. The average molecular weight is 346 g/mol. The monoisotopic (exact) mass is 344 g/mol. The van der Waals surface area contributed by atoms with Crippen LogP contribution in [0.4, 0.5) is 5.69 Å². The molecule has 0 atom stereocenters. The van der Waals surface area contributed by atoms with E-state index in [1.807, 2.05) is 18.5 Å². The third-order valence-electron chi connectivity index (χ3n) is 2.83. The van der Waals surface area contributed by atoms with Gasteiger partial charge in [0.15, 0.2) is 0 Å². The largest absolute Gasteiger partial charge is 0.369 e. The van der Waals surface area contributed by atoms with E-state index < -0.39 is 0 Å². The molecule has 0 aliphatic rings. The molecule has 0 spiro atoms. The van der Waals surface area contributed by atoms with Crippen LogP contribution in [0, 0.1) is 6.92 Å². The van der Waals surface area contributed by atoms with Gasteiger partial charge in [0.05, 0.1) is 17.7 Å². The molecule has 2 aromatic rings. The van der Waals surface area contributed by atoms with Crippen LogP contribution in [-0.2, 0) is 12.4 Å². The number of aryl methyl sites for hydroxylation is 1. The quantitative estimate of drug-likeness (QED) is 0.753. The Hall–Kier alpha value is -0.580. The van der Waals surface area contributed by atoms with Crippen molar-refractivity contribution in [3.63, 3.8) is 0 Å². The van der Waals surface area contributed by atoms with Crippen molar-refractivity contribution in [2.75, 3.05) is 11.9 Å². The lowest BCUT2D eigenvalue weighted by Crippen LogP contribution is -2.17. The van der Waals surface area contributed by atoms with Crippen molar-refractivity contribution < 1.29 is 0 Å². The van der Waals surface area contributed by atoms with E-state index in [-0.39, 0.29) is 0 Å². The second-order valence-corrected chi connectivity index (χ2v) is 6.25. The van der Waals surface area contributed by atoms with Gasteiger partial charge >= 0.3 is 0 Å². The van der Waals surface area contributed by atoms with E-state index in [2.05, 4.69) is 45.0 Å². The van der Waals surface area contributed by atoms with Crippen molar-refractivity contribution in [3.05, 3.63) is 44.3 Å². The van der Waals surface area contributed by atoms with Gasteiger partial charge in [-0.15, -0.1) is 22.9 Å². The number of halogens is 2. The van der Waals surface area contributed by atoms with E-state index in [1.165, 1.54) is 4.88 Å². The fraction of sp³-hybridized carbons (Fsp3) is 0.308. The second kappa shape index (κ2) is 6.04. The summed E-state index contributed by atoms with van der Waals surface area (Å²) in [6.07, 6.45) is 0. The molecule has 1 aromatic carbocycles. The predicted octanol–water partition coefficient (Wildman–Crippen LogP) is 4.59. The summed E-state index contributed by atoms with van der Waals surface area (Å²) in [5.74, 6) is 0.522. The Kier molecular flexibility index (Phi) is 4.65. The van der Waals surface area contributed by atoms with Crippen molar-refractivity contribution in [1.82, 2.24) is 4.98 Å². The van der Waals surface area contributed by atoms with Crippen LogP contribution < -0.4 is 4.90 Å². The highest BCUT2D eigenvalue weighted by Crippen LogP contribution is 2.27. The van der Waals surface area contributed by atoms with Crippen LogP contribution >= 0.6 is 38.9 Å². The minimum Gasteiger partial charge on any atom is -0.369 e. The Morgan fingerprint density at radius 3 is 2.83 bits per heavy atom. The minimum atomic E-state index is 0.522. The molecule has 0 N–H and O–H groups in total. The summed E-state index contributed by atoms with van der Waals surface area (Å²) < 4.78 is 1.07. The van der Waals surface area contributed by atoms with Crippen LogP contribution in [0.2, 0.25) is 0 Å². The number of hydrogen-bond acceptors (Lipinski definition) is 3. The SMILES string of the molecule is Cc1ncsc1CN(C)c1cc(Br)ccc1CCl. The summed E-state index contributed by atoms with van der Waals surface area (Å²) in [5, 5.41) is 0. The highest BCUT2D eigenvalue weighted by atomic mass is 79.9. The summed E-state index contributed by atoms with van der Waals surface area (Å²) in [6.45, 7) is 2.90. The fourth-order valence-corrected chi connectivity index (χ4v) is 3.19. The summed E-state index contributed by atoms with van der Waals surface area (Å²) in [4.78, 5) is 7.78. The number of rotatable bonds is 4. The topological polar surface area (TPSA) is 16.1 Å². The van der Waals surface area contributed by atoms with Gasteiger partial charge < -0.3 is 4.90 Å². The van der Waals surface area contributed by atoms with Crippen molar-refractivity contribution >= 4 is 44.6 Å². The zero-order chi connectivity index (χ0) is 13.1. The molecule has 5 heteroatoms. The highest BCUT2D eigenvalue weighted by molar-refractivity contribution is 9.10. The Morgan fingerprint density at radius 1 is 1.44 bits per heavy atom. The van der Waals surface area contributed by atoms with Crippen LogP contribution in [0.1, 0.15) is 16.1 Å². The molecule has 0 amide bonds. The Morgan fingerprint density at radius 2 is 2.22 bits per heavy atom. The van der Waals surface area contributed by atoms with Gasteiger partial charge in [-0.25, -0.2) is 4.98 Å². The minimum absolute atomic E-state index is 0.522. The second-order valence-electron chi connectivity index (χ2n) is 4.12. The molecule has 0 fully saturated rings. The third kappa shape index (κ3) is 3.05. The number of hydrogen-bond donors (Lipinski definition) is 0. The third-order valence-corrected chi connectivity index (χ3v) is 4.53. The molecule has 1 aromatic heterocycles. The Balaban J connectivity index is 2.25. The molecule has 0 unspecified atom stereocenters. The van der Waals surface area contributed by atoms with Gasteiger partial charge in [-0.3, -0.25) is 0 Å². The first-order chi connectivity index (χ1) is 8.61. The molecule has 0 radical (unpaired) electrons. The van der Waals surface area contributed by atoms with Crippen molar-refractivity contribution in [3.8, 4) is 0 Å². The van der Waals surface area contributed by atoms with Crippen LogP contribution in [0.5, 0.6) is 0 Å². The van der Waals surface area contributed by atoms with Gasteiger partial charge in [-0.1, -0.05) is 22.0 Å². The standard InChI is InChI=1S/C13H14BrClN2S/c1-9-13(18-8-16-9)7-17(2)12-5-11(14)4-3-10(12)6-15/h3-5,8H,6-7H2,1-2H3. The van der Waals surface area contributed by atoms with Crippen LogP contribution in [0.15, 0.2) is 28.2 Å². The molecule has 0 aliphatic heterocycles. The first kappa shape index (κ1) is 13.8. The number of aromatic nitrogens is 1. The predicted molar refractivity (Wildman–Crippen MR) is 82.7 cm³/mol. The molecule has 0 saturated carbocycles. The Labute approximate surface area is 125 Å². The highest BCUT2D eigenvalue weighted by Gasteiger charge is 2.10. The number of alkyl halides is 1. The molecular weight excluding hydrogens is 332 g/mol. The average Bonchev–Trinajstić information content (AvgIpc) is 2.75. The number of thiazole rings is 1. The van der Waals surface area contributed by atoms with Gasteiger partial charge in [-0.05, 0) is 24.6 Å². The lowest BCUT2D eigenvalue weighted by Gasteiger charge is -2.21. The molecule has 0 saturated heterocycles. The van der Waals surface area contributed by atoms with E-state index in [1.54, 1.807) is 11.3 Å². The summed E-state index contributed by atoms with van der Waals surface area (Å²) in [5.41, 5.74) is 5.30. The van der Waals surface area contributed by atoms with E-state index in [9.17, 15) is 0 Å². The molecule has 18 heavy (non-hydrogen) atoms. The molecule has 1 heterocycles. The van der Waals surface area contributed by atoms with Crippen molar-refractivity contribution in [2.24, 2.45) is 0 Å². The fourth-order valence-electron chi connectivity index (χ4n) is 1.78. The number of benzene rings is 1. The number of nitrogens with zero attached hydrogens (tertiary/aromatic N) is 2. The molecule has 96 valence electrons. The zero-order valence-corrected chi connectivity index (χ0v) is 13.4. The van der Waals surface area contributed by atoms with Crippen LogP contribution in [-0.4, -0.2) is 12.0 Å². The van der Waals surface area contributed by atoms with Crippen molar-refractivity contribution in [1.29, 1.82) is 0 Å². The maximum atomic E-state index is 5.99. The van der Waals surface area contributed by atoms with Gasteiger partial charge in [0.1, 0.15) is 0 Å². The number of anilines is 1. The lowest BCUT2D eigenvalue weighted by atomic mass is 10.2. The first-order valence-corrected chi connectivity index (χ1v) is 7.77. The van der Waals surface area contributed by atoms with E-state index in [0.717, 1.165) is 28.0 Å². The maximum absolute atomic E-state index is 5.99. The zero-order valence-electron chi connectivity index (χ0n) is 10.3. The molecular formula is C13H14BrClN2S. The van der Waals surface area contributed by atoms with Crippen LogP contribution in [0.25, 0.3) is 0 Å². The van der Waals surface area contributed by atoms with Gasteiger partial charge in [0, 0.05) is 28.0 Å². The molecule has 0 bridgehead atoms. The molecule has 2 rings (SSSR count). The van der Waals surface area contributed by atoms with Gasteiger partial charge in [0.25, 0.3) is 0 Å². The maximum Gasteiger partial charge on any atom is 0.0798 e. The first-order valence-electron chi connectivity index (χ1n) is 5.56. The Bertz CT molecular complexity index is 542. The summed E-state index contributed by atoms with van der Waals surface area (Å²) in [7, 11) is 2.08. The van der Waals surface area contributed by atoms with Gasteiger partial charge in [-0.2, -0.15) is 0 Å². The smallest absolute Gasteiger partial charge is 0.0798 e. The van der Waals surface area contributed by atoms with E-state index >= 15 is 0 Å². The summed E-state index contributed by atoms with van der Waals surface area (Å²) in [6, 6.07) is 6.18.